The quantitative estimate of drug-likeness (QED) is 0.172. The summed E-state index contributed by atoms with van der Waals surface area (Å²) in [6.45, 7) is 0.140. The van der Waals surface area contributed by atoms with E-state index in [0.717, 1.165) is 16.5 Å². The molecule has 1 aliphatic heterocycles. The minimum absolute atomic E-state index is 0.113. The molecule has 0 bridgehead atoms. The number of likely N-dealkylation sites (tertiary alicyclic amines) is 1. The van der Waals surface area contributed by atoms with Crippen LogP contribution in [0.25, 0.3) is 16.7 Å². The molecule has 4 aromatic rings. The lowest BCUT2D eigenvalue weighted by Crippen LogP contribution is -2.31. The number of halogens is 3. The van der Waals surface area contributed by atoms with Crippen molar-refractivity contribution < 1.29 is 23.8 Å². The normalized spacial score (nSPS) is 17.1. The van der Waals surface area contributed by atoms with E-state index < -0.39 is 29.3 Å². The van der Waals surface area contributed by atoms with Crippen molar-refractivity contribution in [3.63, 3.8) is 0 Å². The van der Waals surface area contributed by atoms with Crippen molar-refractivity contribution in [2.24, 2.45) is 0 Å². The number of H-pyrrole nitrogens is 1. The van der Waals surface area contributed by atoms with Crippen LogP contribution in [0.4, 0.5) is 4.39 Å². The SMILES string of the molecule is COc1ccc2[nH]cc(CCN3C(=O)C(=O)C(=C(O)c4ccc(Cl)cc4Cl)[C@@H]3c3cccc(F)c3)c2c1. The molecule has 6 nitrogen and oxygen atoms in total. The third kappa shape index (κ3) is 4.56. The summed E-state index contributed by atoms with van der Waals surface area (Å²) in [5.41, 5.74) is 2.15. The van der Waals surface area contributed by atoms with Gasteiger partial charge in [-0.1, -0.05) is 35.3 Å². The number of benzene rings is 3. The first-order chi connectivity index (χ1) is 17.8. The zero-order valence-electron chi connectivity index (χ0n) is 19.6. The van der Waals surface area contributed by atoms with Gasteiger partial charge in [-0.2, -0.15) is 0 Å². The summed E-state index contributed by atoms with van der Waals surface area (Å²) in [7, 11) is 1.58. The molecule has 0 saturated carbocycles. The van der Waals surface area contributed by atoms with Gasteiger partial charge < -0.3 is 19.7 Å². The summed E-state index contributed by atoms with van der Waals surface area (Å²) < 4.78 is 19.6. The largest absolute Gasteiger partial charge is 0.507 e. The first-order valence-corrected chi connectivity index (χ1v) is 12.2. The zero-order valence-corrected chi connectivity index (χ0v) is 21.1. The minimum atomic E-state index is -1.01. The van der Waals surface area contributed by atoms with Gasteiger partial charge in [-0.05, 0) is 66.1 Å². The van der Waals surface area contributed by atoms with E-state index in [2.05, 4.69) is 4.98 Å². The third-order valence-corrected chi connectivity index (χ3v) is 7.04. The molecule has 2 N–H and O–H groups in total. The number of nitrogens with one attached hydrogen (secondary N) is 1. The summed E-state index contributed by atoms with van der Waals surface area (Å²) in [6, 6.07) is 14.6. The van der Waals surface area contributed by atoms with Gasteiger partial charge in [0.1, 0.15) is 17.3 Å². The van der Waals surface area contributed by atoms with Crippen LogP contribution in [0.3, 0.4) is 0 Å². The number of hydrogen-bond donors (Lipinski definition) is 2. The maximum absolute atomic E-state index is 14.2. The highest BCUT2D eigenvalue weighted by Gasteiger charge is 2.46. The molecule has 0 unspecified atom stereocenters. The number of rotatable bonds is 6. The first kappa shape index (κ1) is 24.9. The molecule has 0 spiro atoms. The molecule has 188 valence electrons. The number of nitrogens with zero attached hydrogens (tertiary/aromatic N) is 1. The Morgan fingerprint density at radius 3 is 2.65 bits per heavy atom. The van der Waals surface area contributed by atoms with Crippen LogP contribution in [0.2, 0.25) is 10.0 Å². The minimum Gasteiger partial charge on any atom is -0.507 e. The van der Waals surface area contributed by atoms with E-state index in [-0.39, 0.29) is 22.7 Å². The second-order valence-electron chi connectivity index (χ2n) is 8.65. The number of carbonyl (C=O) groups excluding carboxylic acids is 2. The molecule has 1 atom stereocenters. The number of aromatic nitrogens is 1. The summed E-state index contributed by atoms with van der Waals surface area (Å²) in [5, 5.41) is 12.6. The van der Waals surface area contributed by atoms with E-state index in [4.69, 9.17) is 27.9 Å². The Morgan fingerprint density at radius 1 is 1.11 bits per heavy atom. The molecule has 9 heteroatoms. The van der Waals surface area contributed by atoms with Gasteiger partial charge in [-0.25, -0.2) is 4.39 Å². The number of hydrogen-bond acceptors (Lipinski definition) is 4. The molecule has 1 saturated heterocycles. The Bertz CT molecular complexity index is 1580. The van der Waals surface area contributed by atoms with Crippen LogP contribution in [-0.2, 0) is 16.0 Å². The lowest BCUT2D eigenvalue weighted by molar-refractivity contribution is -0.139. The molecule has 0 aliphatic carbocycles. The van der Waals surface area contributed by atoms with E-state index in [0.29, 0.717) is 22.8 Å². The summed E-state index contributed by atoms with van der Waals surface area (Å²) in [5.74, 6) is -1.96. The number of amides is 1. The average Bonchev–Trinajstić information content (AvgIpc) is 3.40. The zero-order chi connectivity index (χ0) is 26.3. The van der Waals surface area contributed by atoms with Gasteiger partial charge in [0.2, 0.25) is 0 Å². The number of fused-ring (bicyclic) bond motifs is 1. The number of aliphatic hydroxyl groups is 1. The second-order valence-corrected chi connectivity index (χ2v) is 9.49. The van der Waals surface area contributed by atoms with Crippen molar-refractivity contribution in [3.05, 3.63) is 105 Å². The van der Waals surface area contributed by atoms with Crippen LogP contribution in [0.15, 0.2) is 72.4 Å². The number of ketones is 1. The smallest absolute Gasteiger partial charge is 0.295 e. The molecule has 37 heavy (non-hydrogen) atoms. The van der Waals surface area contributed by atoms with Crippen molar-refractivity contribution in [1.82, 2.24) is 9.88 Å². The van der Waals surface area contributed by atoms with Crippen molar-refractivity contribution in [2.45, 2.75) is 12.5 Å². The maximum Gasteiger partial charge on any atom is 0.295 e. The van der Waals surface area contributed by atoms with E-state index in [1.165, 1.54) is 41.3 Å². The highest BCUT2D eigenvalue weighted by atomic mass is 35.5. The fourth-order valence-corrected chi connectivity index (χ4v) is 5.19. The Balaban J connectivity index is 1.58. The molecule has 1 fully saturated rings. The molecule has 1 amide bonds. The standard InChI is InChI=1S/C28H21Cl2FN2O4/c1-37-19-6-8-23-21(13-19)16(14-32-23)9-10-33-25(15-3-2-4-18(31)11-15)24(27(35)28(33)36)26(34)20-7-5-17(29)12-22(20)30/h2-8,11-14,25,32,34H,9-10H2,1H3/t25-/m0/s1. The van der Waals surface area contributed by atoms with Crippen LogP contribution in [-0.4, -0.2) is 40.3 Å². The molecule has 0 radical (unpaired) electrons. The third-order valence-electron chi connectivity index (χ3n) is 6.49. The highest BCUT2D eigenvalue weighted by Crippen LogP contribution is 2.41. The van der Waals surface area contributed by atoms with Gasteiger partial charge in [0.15, 0.2) is 0 Å². The highest BCUT2D eigenvalue weighted by molar-refractivity contribution is 6.47. The van der Waals surface area contributed by atoms with Gasteiger partial charge >= 0.3 is 0 Å². The number of methoxy groups -OCH3 is 1. The van der Waals surface area contributed by atoms with E-state index >= 15 is 0 Å². The van der Waals surface area contributed by atoms with Gasteiger partial charge in [-0.3, -0.25) is 9.59 Å². The number of ether oxygens (including phenoxy) is 1. The van der Waals surface area contributed by atoms with Crippen molar-refractivity contribution in [2.75, 3.05) is 13.7 Å². The van der Waals surface area contributed by atoms with Crippen LogP contribution < -0.4 is 4.74 Å². The van der Waals surface area contributed by atoms with Crippen molar-refractivity contribution >= 4 is 51.6 Å². The number of Topliss-reactive ketones (excluding diaryl/α,β-unsaturated/α-hetero) is 1. The molecular formula is C28H21Cl2FN2O4. The van der Waals surface area contributed by atoms with Crippen LogP contribution in [0.1, 0.15) is 22.7 Å². The van der Waals surface area contributed by atoms with Gasteiger partial charge in [0.25, 0.3) is 11.7 Å². The van der Waals surface area contributed by atoms with Crippen LogP contribution in [0, 0.1) is 5.82 Å². The molecular weight excluding hydrogens is 518 g/mol. The first-order valence-electron chi connectivity index (χ1n) is 11.4. The Morgan fingerprint density at radius 2 is 1.92 bits per heavy atom. The van der Waals surface area contributed by atoms with E-state index in [1.807, 2.05) is 24.4 Å². The van der Waals surface area contributed by atoms with Gasteiger partial charge in [-0.15, -0.1) is 0 Å². The topological polar surface area (TPSA) is 82.6 Å². The lowest BCUT2D eigenvalue weighted by atomic mass is 9.95. The van der Waals surface area contributed by atoms with Crippen LogP contribution in [0.5, 0.6) is 5.75 Å². The number of carbonyl (C=O) groups is 2. The predicted octanol–water partition coefficient (Wildman–Crippen LogP) is 6.29. The van der Waals surface area contributed by atoms with Crippen molar-refractivity contribution in [1.29, 1.82) is 0 Å². The fourth-order valence-electron chi connectivity index (χ4n) is 4.69. The van der Waals surface area contributed by atoms with Gasteiger partial charge in [0.05, 0.1) is 23.7 Å². The Kier molecular flexibility index (Phi) is 6.67. The monoisotopic (exact) mass is 538 g/mol. The lowest BCUT2D eigenvalue weighted by Gasteiger charge is -2.25. The molecule has 1 aliphatic rings. The summed E-state index contributed by atoms with van der Waals surface area (Å²) in [6.07, 6.45) is 2.24. The average molecular weight is 539 g/mol. The number of aromatic amines is 1. The Hall–Kier alpha value is -3.81. The van der Waals surface area contributed by atoms with Crippen molar-refractivity contribution in [3.8, 4) is 5.75 Å². The second kappa shape index (κ2) is 9.92. The van der Waals surface area contributed by atoms with Gasteiger partial charge in [0, 0.05) is 34.2 Å². The number of aliphatic hydroxyl groups excluding tert-OH is 1. The maximum atomic E-state index is 14.2. The summed E-state index contributed by atoms with van der Waals surface area (Å²) in [4.78, 5) is 31.0. The van der Waals surface area contributed by atoms with E-state index in [9.17, 15) is 19.1 Å². The molecule has 2 heterocycles. The Labute approximate surface area is 221 Å². The summed E-state index contributed by atoms with van der Waals surface area (Å²) >= 11 is 12.3. The van der Waals surface area contributed by atoms with E-state index in [1.54, 1.807) is 13.2 Å². The predicted molar refractivity (Wildman–Crippen MR) is 140 cm³/mol. The van der Waals surface area contributed by atoms with Crippen LogP contribution >= 0.6 is 23.2 Å². The molecule has 1 aromatic heterocycles. The molecule has 3 aromatic carbocycles. The fraction of sp³-hybridized carbons (Fsp3) is 0.143. The molecule has 5 rings (SSSR count).